The third-order valence-electron chi connectivity index (χ3n) is 3.63. The molecular formula is C18H16N2O2. The van der Waals surface area contributed by atoms with Crippen LogP contribution in [0.15, 0.2) is 52.7 Å². The van der Waals surface area contributed by atoms with E-state index in [1.54, 1.807) is 18.0 Å². The largest absolute Gasteiger partial charge is 0.481 e. The van der Waals surface area contributed by atoms with E-state index in [2.05, 4.69) is 23.1 Å². The van der Waals surface area contributed by atoms with Crippen LogP contribution < -0.4 is 4.74 Å². The molecule has 22 heavy (non-hydrogen) atoms. The summed E-state index contributed by atoms with van der Waals surface area (Å²) in [7, 11) is 1.78. The Morgan fingerprint density at radius 3 is 3.00 bits per heavy atom. The number of rotatable bonds is 3. The molecule has 0 bridgehead atoms. The van der Waals surface area contributed by atoms with Gasteiger partial charge in [0.25, 0.3) is 5.91 Å². The molecule has 1 aliphatic carbocycles. The number of terminal acetylenes is 1. The van der Waals surface area contributed by atoms with E-state index in [0.29, 0.717) is 17.1 Å². The highest BCUT2D eigenvalue weighted by molar-refractivity contribution is 6.50. The second-order valence-corrected chi connectivity index (χ2v) is 5.10. The summed E-state index contributed by atoms with van der Waals surface area (Å²) in [5, 5.41) is 0. The molecule has 4 heteroatoms. The molecule has 1 fully saturated rings. The Hall–Kier alpha value is -2.80. The van der Waals surface area contributed by atoms with Crippen molar-refractivity contribution in [1.82, 2.24) is 4.90 Å². The third kappa shape index (κ3) is 2.53. The van der Waals surface area contributed by atoms with Crippen molar-refractivity contribution in [2.75, 3.05) is 13.7 Å². The molecule has 0 spiro atoms. The molecule has 1 saturated heterocycles. The third-order valence-corrected chi connectivity index (χ3v) is 3.63. The number of fused-ring (bicyclic) bond motifs is 1. The molecule has 1 aliphatic heterocycles. The molecule has 0 N–H and O–H groups in total. The molecule has 1 heterocycles. The van der Waals surface area contributed by atoms with E-state index in [0.717, 1.165) is 24.1 Å². The predicted molar refractivity (Wildman–Crippen MR) is 86.0 cm³/mol. The number of likely N-dealkylation sites (N-methyl/N-ethyl adjacent to an activating group) is 1. The van der Waals surface area contributed by atoms with Gasteiger partial charge in [-0.3, -0.25) is 4.79 Å². The molecule has 0 saturated carbocycles. The van der Waals surface area contributed by atoms with Crippen molar-refractivity contribution >= 4 is 17.3 Å². The van der Waals surface area contributed by atoms with Crippen LogP contribution >= 0.6 is 0 Å². The average molecular weight is 292 g/mol. The summed E-state index contributed by atoms with van der Waals surface area (Å²) in [6.45, 7) is 0.208. The Balaban J connectivity index is 1.95. The second kappa shape index (κ2) is 5.90. The first-order chi connectivity index (χ1) is 10.7. The number of ether oxygens (including phenoxy) is 1. The maximum absolute atomic E-state index is 12.4. The molecule has 4 nitrogen and oxygen atoms in total. The van der Waals surface area contributed by atoms with Crippen molar-refractivity contribution in [1.29, 1.82) is 0 Å². The highest BCUT2D eigenvalue weighted by Gasteiger charge is 2.35. The summed E-state index contributed by atoms with van der Waals surface area (Å²) in [5.41, 5.74) is 3.05. The normalized spacial score (nSPS) is 18.6. The average Bonchev–Trinajstić information content (AvgIpc) is 2.79. The molecule has 1 amide bonds. The number of carbonyl (C=O) groups is 1. The molecule has 110 valence electrons. The fourth-order valence-electron chi connectivity index (χ4n) is 2.59. The monoisotopic (exact) mass is 292 g/mol. The van der Waals surface area contributed by atoms with Gasteiger partial charge in [0.05, 0.1) is 5.69 Å². The molecule has 0 unspecified atom stereocenters. The van der Waals surface area contributed by atoms with Gasteiger partial charge in [-0.25, -0.2) is 4.99 Å². The number of hydrogen-bond donors (Lipinski definition) is 0. The van der Waals surface area contributed by atoms with Gasteiger partial charge in [0.15, 0.2) is 0 Å². The molecule has 3 rings (SSSR count). The van der Waals surface area contributed by atoms with E-state index < -0.39 is 0 Å². The number of likely N-dealkylation sites (tertiary alicyclic amines) is 1. The lowest BCUT2D eigenvalue weighted by molar-refractivity contribution is -0.120. The maximum Gasteiger partial charge on any atom is 0.277 e. The van der Waals surface area contributed by atoms with Crippen molar-refractivity contribution < 1.29 is 9.53 Å². The number of allylic oxidation sites excluding steroid dienone is 3. The highest BCUT2D eigenvalue weighted by Crippen LogP contribution is 2.31. The van der Waals surface area contributed by atoms with Crippen molar-refractivity contribution in [2.45, 2.75) is 12.8 Å². The van der Waals surface area contributed by atoms with Crippen molar-refractivity contribution in [3.8, 4) is 18.1 Å². The van der Waals surface area contributed by atoms with Crippen LogP contribution in [0.2, 0.25) is 0 Å². The van der Waals surface area contributed by atoms with Gasteiger partial charge in [0.2, 0.25) is 0 Å². The van der Waals surface area contributed by atoms with E-state index in [4.69, 9.17) is 11.2 Å². The second-order valence-electron chi connectivity index (χ2n) is 5.10. The van der Waals surface area contributed by atoms with Crippen LogP contribution in [0.5, 0.6) is 5.75 Å². The SMILES string of the molecule is C#CCOc1cccc(N=C2C(=O)N(C)C3=CCCC=C32)c1. The Bertz CT molecular complexity index is 751. The zero-order valence-electron chi connectivity index (χ0n) is 12.4. The number of hydrogen-bond acceptors (Lipinski definition) is 3. The predicted octanol–water partition coefficient (Wildman–Crippen LogP) is 2.85. The van der Waals surface area contributed by atoms with Gasteiger partial charge in [-0.15, -0.1) is 6.42 Å². The number of aliphatic imine (C=N–C) groups is 1. The van der Waals surface area contributed by atoms with E-state index >= 15 is 0 Å². The Morgan fingerprint density at radius 2 is 2.18 bits per heavy atom. The first-order valence-corrected chi connectivity index (χ1v) is 7.15. The smallest absolute Gasteiger partial charge is 0.277 e. The van der Waals surface area contributed by atoms with Crippen LogP contribution in [0.1, 0.15) is 12.8 Å². The minimum absolute atomic E-state index is 0.0747. The lowest BCUT2D eigenvalue weighted by Gasteiger charge is -2.12. The van der Waals surface area contributed by atoms with Gasteiger partial charge in [0, 0.05) is 24.4 Å². The van der Waals surface area contributed by atoms with Crippen LogP contribution in [0, 0.1) is 12.3 Å². The Morgan fingerprint density at radius 1 is 1.36 bits per heavy atom. The fraction of sp³-hybridized carbons (Fsp3) is 0.222. The first kappa shape index (κ1) is 14.2. The lowest BCUT2D eigenvalue weighted by atomic mass is 10.0. The molecule has 0 radical (unpaired) electrons. The zero-order valence-corrected chi connectivity index (χ0v) is 12.4. The quantitative estimate of drug-likeness (QED) is 0.804. The minimum Gasteiger partial charge on any atom is -0.481 e. The van der Waals surface area contributed by atoms with Crippen molar-refractivity contribution in [3.05, 3.63) is 47.7 Å². The van der Waals surface area contributed by atoms with Crippen LogP contribution in [0.4, 0.5) is 5.69 Å². The van der Waals surface area contributed by atoms with Crippen LogP contribution in [0.25, 0.3) is 0 Å². The summed E-state index contributed by atoms with van der Waals surface area (Å²) in [6, 6.07) is 7.27. The number of benzene rings is 1. The topological polar surface area (TPSA) is 41.9 Å². The van der Waals surface area contributed by atoms with Crippen LogP contribution in [-0.4, -0.2) is 30.2 Å². The first-order valence-electron chi connectivity index (χ1n) is 7.15. The Kier molecular flexibility index (Phi) is 3.80. The summed E-state index contributed by atoms with van der Waals surface area (Å²) in [5.74, 6) is 2.99. The van der Waals surface area contributed by atoms with Gasteiger partial charge < -0.3 is 9.64 Å². The summed E-state index contributed by atoms with van der Waals surface area (Å²) >= 11 is 0. The molecule has 0 aromatic heterocycles. The van der Waals surface area contributed by atoms with E-state index in [-0.39, 0.29) is 12.5 Å². The van der Waals surface area contributed by atoms with Crippen LogP contribution in [0.3, 0.4) is 0 Å². The Labute approximate surface area is 129 Å². The molecule has 2 aliphatic rings. The van der Waals surface area contributed by atoms with Gasteiger partial charge in [-0.2, -0.15) is 0 Å². The standard InChI is InChI=1S/C18H16N2O2/c1-3-11-22-14-8-6-7-13(12-14)19-17-15-9-4-5-10-16(15)20(2)18(17)21/h1,6-10,12H,4-5,11H2,2H3. The number of amides is 1. The molecule has 0 atom stereocenters. The van der Waals surface area contributed by atoms with E-state index in [9.17, 15) is 4.79 Å². The summed E-state index contributed by atoms with van der Waals surface area (Å²) in [6.07, 6.45) is 11.2. The van der Waals surface area contributed by atoms with Gasteiger partial charge in [-0.05, 0) is 25.0 Å². The van der Waals surface area contributed by atoms with E-state index in [1.165, 1.54) is 0 Å². The van der Waals surface area contributed by atoms with Crippen molar-refractivity contribution in [3.63, 3.8) is 0 Å². The summed E-state index contributed by atoms with van der Waals surface area (Å²) < 4.78 is 5.39. The zero-order chi connectivity index (χ0) is 15.5. The van der Waals surface area contributed by atoms with E-state index in [1.807, 2.05) is 18.2 Å². The number of carbonyl (C=O) groups excluding carboxylic acids is 1. The number of nitrogens with zero attached hydrogens (tertiary/aromatic N) is 2. The summed E-state index contributed by atoms with van der Waals surface area (Å²) in [4.78, 5) is 18.6. The lowest BCUT2D eigenvalue weighted by Crippen LogP contribution is -2.21. The fourth-order valence-corrected chi connectivity index (χ4v) is 2.59. The minimum atomic E-state index is -0.0747. The van der Waals surface area contributed by atoms with Gasteiger partial charge >= 0.3 is 0 Å². The van der Waals surface area contributed by atoms with Gasteiger partial charge in [-0.1, -0.05) is 24.1 Å². The maximum atomic E-state index is 12.4. The van der Waals surface area contributed by atoms with Gasteiger partial charge in [0.1, 0.15) is 18.1 Å². The molecular weight excluding hydrogens is 276 g/mol. The van der Waals surface area contributed by atoms with Crippen LogP contribution in [-0.2, 0) is 4.79 Å². The molecule has 1 aromatic carbocycles. The van der Waals surface area contributed by atoms with Crippen molar-refractivity contribution in [2.24, 2.45) is 4.99 Å². The highest BCUT2D eigenvalue weighted by atomic mass is 16.5. The molecule has 1 aromatic rings.